The van der Waals surface area contributed by atoms with Crippen LogP contribution in [-0.4, -0.2) is 40.3 Å². The largest absolute Gasteiger partial charge is 0.470 e. The molecule has 0 spiro atoms. The van der Waals surface area contributed by atoms with Gasteiger partial charge in [0.1, 0.15) is 12.3 Å². The molecule has 2 heterocycles. The van der Waals surface area contributed by atoms with E-state index in [0.717, 1.165) is 22.1 Å². The van der Waals surface area contributed by atoms with Gasteiger partial charge in [-0.1, -0.05) is 11.6 Å². The molecule has 2 aromatic heterocycles. The molecule has 3 rings (SSSR count). The maximum atomic E-state index is 9.31. The van der Waals surface area contributed by atoms with E-state index in [1.165, 1.54) is 12.1 Å². The highest BCUT2D eigenvalue weighted by molar-refractivity contribution is 6.30. The summed E-state index contributed by atoms with van der Waals surface area (Å²) in [6, 6.07) is 12.9. The number of hydrogen-bond donors (Lipinski definition) is 2. The van der Waals surface area contributed by atoms with Gasteiger partial charge in [0.15, 0.2) is 0 Å². The van der Waals surface area contributed by atoms with Crippen molar-refractivity contribution in [1.29, 1.82) is 0 Å². The number of ether oxygens (including phenoxy) is 1. The highest BCUT2D eigenvalue weighted by atomic mass is 35.5. The molecule has 0 atom stereocenters. The number of anilines is 1. The predicted molar refractivity (Wildman–Crippen MR) is 108 cm³/mol. The van der Waals surface area contributed by atoms with Crippen molar-refractivity contribution in [3.8, 4) is 11.6 Å². The summed E-state index contributed by atoms with van der Waals surface area (Å²) in [7, 11) is 3.22. The van der Waals surface area contributed by atoms with E-state index >= 15 is 0 Å². The number of halogens is 1. The van der Waals surface area contributed by atoms with Gasteiger partial charge in [0.25, 0.3) is 0 Å². The van der Waals surface area contributed by atoms with Gasteiger partial charge in [-0.3, -0.25) is 14.8 Å². The second-order valence-electron chi connectivity index (χ2n) is 5.71. The topological polar surface area (TPSA) is 116 Å². The SMILES string of the molecule is CN(N)C=O.CN(N)c1cccnc1COc1ccn(-c2ccc(Cl)cc2)n1. The normalized spacial score (nSPS) is 9.89. The van der Waals surface area contributed by atoms with Crippen LogP contribution >= 0.6 is 11.6 Å². The number of amides is 1. The number of carbonyl (C=O) groups excluding carboxylic acids is 1. The van der Waals surface area contributed by atoms with Crippen LogP contribution in [0.4, 0.5) is 5.69 Å². The molecule has 148 valence electrons. The van der Waals surface area contributed by atoms with Crippen molar-refractivity contribution in [3.63, 3.8) is 0 Å². The molecule has 10 heteroatoms. The second kappa shape index (κ2) is 10.3. The third kappa shape index (κ3) is 6.23. The lowest BCUT2D eigenvalue weighted by Gasteiger charge is -2.15. The first-order valence-electron chi connectivity index (χ1n) is 8.20. The fourth-order valence-electron chi connectivity index (χ4n) is 2.13. The Morgan fingerprint density at radius 1 is 1.18 bits per heavy atom. The van der Waals surface area contributed by atoms with Gasteiger partial charge in [0.05, 0.1) is 11.4 Å². The summed E-state index contributed by atoms with van der Waals surface area (Å²) in [6.45, 7) is 0.287. The first-order chi connectivity index (χ1) is 13.4. The number of hydrogen-bond acceptors (Lipinski definition) is 7. The lowest BCUT2D eigenvalue weighted by atomic mass is 10.3. The summed E-state index contributed by atoms with van der Waals surface area (Å²) in [6.07, 6.45) is 4.06. The number of nitrogens with zero attached hydrogens (tertiary/aromatic N) is 5. The smallest absolute Gasteiger partial charge is 0.233 e. The number of carbonyl (C=O) groups is 1. The zero-order valence-corrected chi connectivity index (χ0v) is 16.3. The maximum Gasteiger partial charge on any atom is 0.233 e. The first kappa shape index (κ1) is 21.2. The van der Waals surface area contributed by atoms with Gasteiger partial charge in [0, 0.05) is 37.6 Å². The van der Waals surface area contributed by atoms with Gasteiger partial charge in [-0.15, -0.1) is 5.10 Å². The fraction of sp³-hybridized carbons (Fsp3) is 0.167. The Labute approximate surface area is 168 Å². The average Bonchev–Trinajstić information content (AvgIpc) is 3.16. The van der Waals surface area contributed by atoms with E-state index < -0.39 is 0 Å². The van der Waals surface area contributed by atoms with Crippen LogP contribution in [-0.2, 0) is 11.4 Å². The molecule has 0 aliphatic heterocycles. The van der Waals surface area contributed by atoms with Crippen molar-refractivity contribution in [2.45, 2.75) is 6.61 Å². The van der Waals surface area contributed by atoms with Gasteiger partial charge < -0.3 is 9.75 Å². The molecular formula is C18H22ClN7O2. The minimum absolute atomic E-state index is 0.287. The molecule has 0 aliphatic carbocycles. The van der Waals surface area contributed by atoms with E-state index in [4.69, 9.17) is 28.0 Å². The molecule has 1 amide bonds. The Balaban J connectivity index is 0.000000500. The zero-order valence-electron chi connectivity index (χ0n) is 15.6. The van der Waals surface area contributed by atoms with Gasteiger partial charge in [-0.25, -0.2) is 16.4 Å². The number of benzene rings is 1. The van der Waals surface area contributed by atoms with Crippen LogP contribution in [0.1, 0.15) is 5.69 Å². The standard InChI is InChI=1S/C16H16ClN5O.C2H6N2O/c1-21(18)15-3-2-9-19-14(15)11-23-16-8-10-22(20-16)13-6-4-12(17)5-7-13;1-4(3)2-5/h2-10H,11,18H2,1H3;2H,3H2,1H3. The Morgan fingerprint density at radius 3 is 2.46 bits per heavy atom. The van der Waals surface area contributed by atoms with E-state index in [-0.39, 0.29) is 6.61 Å². The Morgan fingerprint density at radius 2 is 1.86 bits per heavy atom. The molecule has 3 aromatic rings. The molecule has 0 bridgehead atoms. The van der Waals surface area contributed by atoms with Crippen molar-refractivity contribution < 1.29 is 9.53 Å². The minimum Gasteiger partial charge on any atom is -0.470 e. The minimum atomic E-state index is 0.287. The number of rotatable bonds is 6. The fourth-order valence-corrected chi connectivity index (χ4v) is 2.25. The second-order valence-corrected chi connectivity index (χ2v) is 6.15. The van der Waals surface area contributed by atoms with Gasteiger partial charge >= 0.3 is 0 Å². The van der Waals surface area contributed by atoms with Gasteiger partial charge in [0.2, 0.25) is 12.3 Å². The molecule has 0 radical (unpaired) electrons. The monoisotopic (exact) mass is 403 g/mol. The Bertz CT molecular complexity index is 882. The van der Waals surface area contributed by atoms with Crippen molar-refractivity contribution in [2.75, 3.05) is 19.1 Å². The van der Waals surface area contributed by atoms with Crippen LogP contribution in [0, 0.1) is 0 Å². The van der Waals surface area contributed by atoms with Crippen molar-refractivity contribution in [1.82, 2.24) is 19.8 Å². The van der Waals surface area contributed by atoms with Crippen LogP contribution in [0.25, 0.3) is 5.69 Å². The third-order valence-corrected chi connectivity index (χ3v) is 3.68. The molecule has 0 unspecified atom stereocenters. The number of hydrazine groups is 2. The summed E-state index contributed by atoms with van der Waals surface area (Å²) in [5, 5.41) is 7.52. The van der Waals surface area contributed by atoms with Crippen LogP contribution in [0.3, 0.4) is 0 Å². The predicted octanol–water partition coefficient (Wildman–Crippen LogP) is 1.76. The zero-order chi connectivity index (χ0) is 20.5. The summed E-state index contributed by atoms with van der Waals surface area (Å²) in [4.78, 5) is 13.6. The van der Waals surface area contributed by atoms with E-state index in [0.29, 0.717) is 17.3 Å². The first-order valence-corrected chi connectivity index (χ1v) is 8.58. The Kier molecular flexibility index (Phi) is 7.76. The van der Waals surface area contributed by atoms with Crippen molar-refractivity contribution in [3.05, 3.63) is 65.6 Å². The van der Waals surface area contributed by atoms with Crippen molar-refractivity contribution >= 4 is 23.7 Å². The number of nitrogens with two attached hydrogens (primary N) is 2. The van der Waals surface area contributed by atoms with E-state index in [1.807, 2.05) is 42.6 Å². The quantitative estimate of drug-likeness (QED) is 0.279. The molecule has 0 aliphatic rings. The van der Waals surface area contributed by atoms with Crippen LogP contribution in [0.2, 0.25) is 5.02 Å². The van der Waals surface area contributed by atoms with Crippen molar-refractivity contribution in [2.24, 2.45) is 11.7 Å². The van der Waals surface area contributed by atoms with Crippen LogP contribution < -0.4 is 21.4 Å². The molecule has 0 saturated heterocycles. The molecule has 0 saturated carbocycles. The van der Waals surface area contributed by atoms with Crippen LogP contribution in [0.5, 0.6) is 5.88 Å². The number of aromatic nitrogens is 3. The summed E-state index contributed by atoms with van der Waals surface area (Å²) in [5.74, 6) is 11.1. The lowest BCUT2D eigenvalue weighted by Crippen LogP contribution is -2.26. The summed E-state index contributed by atoms with van der Waals surface area (Å²) in [5.41, 5.74) is 2.47. The molecule has 0 fully saturated rings. The molecular weight excluding hydrogens is 382 g/mol. The highest BCUT2D eigenvalue weighted by Crippen LogP contribution is 2.18. The van der Waals surface area contributed by atoms with Gasteiger partial charge in [-0.2, -0.15) is 0 Å². The van der Waals surface area contributed by atoms with E-state index in [2.05, 4.69) is 10.1 Å². The van der Waals surface area contributed by atoms with E-state index in [1.54, 1.807) is 24.0 Å². The third-order valence-electron chi connectivity index (χ3n) is 3.43. The van der Waals surface area contributed by atoms with Gasteiger partial charge in [-0.05, 0) is 36.4 Å². The number of pyridine rings is 1. The molecule has 4 N–H and O–H groups in total. The summed E-state index contributed by atoms with van der Waals surface area (Å²) < 4.78 is 7.43. The molecule has 9 nitrogen and oxygen atoms in total. The molecule has 1 aromatic carbocycles. The van der Waals surface area contributed by atoms with E-state index in [9.17, 15) is 4.79 Å². The summed E-state index contributed by atoms with van der Waals surface area (Å²) >= 11 is 5.89. The lowest BCUT2D eigenvalue weighted by molar-refractivity contribution is -0.117. The maximum absolute atomic E-state index is 9.31. The molecule has 28 heavy (non-hydrogen) atoms. The average molecular weight is 404 g/mol. The van der Waals surface area contributed by atoms with Crippen LogP contribution in [0.15, 0.2) is 54.9 Å². The highest BCUT2D eigenvalue weighted by Gasteiger charge is 2.08. The Hall–Kier alpha value is -3.14.